The second-order valence-electron chi connectivity index (χ2n) is 12.8. The molecule has 2 spiro atoms. The Balaban J connectivity index is 1.19. The van der Waals surface area contributed by atoms with E-state index in [1.165, 1.54) is 25.7 Å². The number of ether oxygens (including phenoxy) is 5. The van der Waals surface area contributed by atoms with E-state index in [1.807, 2.05) is 6.20 Å². The van der Waals surface area contributed by atoms with Crippen LogP contribution in [0.25, 0.3) is 0 Å². The highest BCUT2D eigenvalue weighted by atomic mass is 32.1. The Kier molecular flexibility index (Phi) is 5.65. The summed E-state index contributed by atoms with van der Waals surface area (Å²) in [5.41, 5.74) is 0.349. The molecule has 6 aliphatic rings. The number of imidazole rings is 1. The molecule has 1 aromatic heterocycles. The van der Waals surface area contributed by atoms with Crippen LogP contribution in [0.2, 0.25) is 0 Å². The zero-order valence-corrected chi connectivity index (χ0v) is 22.5. The maximum absolute atomic E-state index is 6.39. The van der Waals surface area contributed by atoms with Crippen LogP contribution < -0.4 is 0 Å². The summed E-state index contributed by atoms with van der Waals surface area (Å²) < 4.78 is 33.4. The first-order valence-corrected chi connectivity index (χ1v) is 14.5. The fourth-order valence-corrected chi connectivity index (χ4v) is 10.1. The van der Waals surface area contributed by atoms with E-state index in [-0.39, 0.29) is 16.6 Å². The van der Waals surface area contributed by atoms with Gasteiger partial charge in [-0.15, -0.1) is 0 Å². The van der Waals surface area contributed by atoms with E-state index >= 15 is 0 Å². The molecule has 4 unspecified atom stereocenters. The molecule has 7 rings (SSSR count). The van der Waals surface area contributed by atoms with Gasteiger partial charge in [0.15, 0.2) is 11.6 Å². The number of nitrogens with zero attached hydrogens (tertiary/aromatic N) is 2. The maximum atomic E-state index is 6.39. The molecule has 198 valence electrons. The Bertz CT molecular complexity index is 990. The summed E-state index contributed by atoms with van der Waals surface area (Å²) in [5.74, 6) is 2.15. The molecule has 0 radical (unpaired) electrons. The number of thiocarbonyl (C=S) groups is 1. The van der Waals surface area contributed by atoms with Crippen molar-refractivity contribution >= 4 is 17.4 Å². The zero-order valence-electron chi connectivity index (χ0n) is 21.7. The SMILES string of the molecule is C[C@]12CCC3(CC1[C@H](COC(=S)n1ccnc1)CC1C2CC[C@@]2(C)C1CCC21OCCO1)OCCO3. The molecule has 6 fully saturated rings. The first-order valence-electron chi connectivity index (χ1n) is 14.1. The highest BCUT2D eigenvalue weighted by Crippen LogP contribution is 2.71. The quantitative estimate of drug-likeness (QED) is 0.524. The van der Waals surface area contributed by atoms with Gasteiger partial charge in [-0.3, -0.25) is 4.57 Å². The molecule has 4 saturated carbocycles. The lowest BCUT2D eigenvalue weighted by Crippen LogP contribution is -2.61. The third-order valence-corrected chi connectivity index (χ3v) is 11.9. The predicted octanol–water partition coefficient (Wildman–Crippen LogP) is 4.79. The van der Waals surface area contributed by atoms with Gasteiger partial charge in [0.25, 0.3) is 5.17 Å². The van der Waals surface area contributed by atoms with Crippen molar-refractivity contribution < 1.29 is 23.7 Å². The Morgan fingerprint density at radius 1 is 0.972 bits per heavy atom. The molecule has 7 atom stereocenters. The molecular weight excluding hydrogens is 476 g/mol. The lowest BCUT2D eigenvalue weighted by atomic mass is 9.42. The molecule has 0 N–H and O–H groups in total. The second-order valence-corrected chi connectivity index (χ2v) is 13.1. The van der Waals surface area contributed by atoms with Crippen molar-refractivity contribution in [2.45, 2.75) is 76.8 Å². The molecule has 0 bridgehead atoms. The largest absolute Gasteiger partial charge is 0.470 e. The average Bonchev–Trinajstić information content (AvgIpc) is 3.68. The van der Waals surface area contributed by atoms with Gasteiger partial charge in [-0.05, 0) is 79.3 Å². The fourth-order valence-electron chi connectivity index (χ4n) is 9.88. The molecular formula is C28H40N2O5S. The summed E-state index contributed by atoms with van der Waals surface area (Å²) in [6.45, 7) is 8.58. The molecule has 36 heavy (non-hydrogen) atoms. The Morgan fingerprint density at radius 2 is 1.72 bits per heavy atom. The van der Waals surface area contributed by atoms with Crippen molar-refractivity contribution in [1.29, 1.82) is 0 Å². The molecule has 0 amide bonds. The summed E-state index contributed by atoms with van der Waals surface area (Å²) in [7, 11) is 0. The van der Waals surface area contributed by atoms with Gasteiger partial charge in [-0.1, -0.05) is 13.8 Å². The number of hydrogen-bond donors (Lipinski definition) is 0. The predicted molar refractivity (Wildman–Crippen MR) is 136 cm³/mol. The van der Waals surface area contributed by atoms with Crippen LogP contribution >= 0.6 is 12.2 Å². The highest BCUT2D eigenvalue weighted by Gasteiger charge is 2.69. The van der Waals surface area contributed by atoms with E-state index in [1.54, 1.807) is 17.1 Å². The summed E-state index contributed by atoms with van der Waals surface area (Å²) in [6.07, 6.45) is 14.3. The van der Waals surface area contributed by atoms with Crippen LogP contribution in [0.1, 0.15) is 65.2 Å². The molecule has 4 aliphatic carbocycles. The van der Waals surface area contributed by atoms with Crippen LogP contribution in [-0.2, 0) is 23.7 Å². The average molecular weight is 517 g/mol. The van der Waals surface area contributed by atoms with Crippen LogP contribution in [0, 0.1) is 40.4 Å². The van der Waals surface area contributed by atoms with E-state index in [2.05, 4.69) is 18.8 Å². The molecule has 0 aromatic carbocycles. The van der Waals surface area contributed by atoms with E-state index in [0.717, 1.165) is 38.9 Å². The maximum Gasteiger partial charge on any atom is 0.268 e. The molecule has 8 heteroatoms. The minimum absolute atomic E-state index is 0.0962. The molecule has 7 nitrogen and oxygen atoms in total. The van der Waals surface area contributed by atoms with Crippen molar-refractivity contribution in [1.82, 2.24) is 9.55 Å². The lowest BCUT2D eigenvalue weighted by molar-refractivity contribution is -0.265. The first-order chi connectivity index (χ1) is 17.4. The van der Waals surface area contributed by atoms with Crippen molar-refractivity contribution in [3.8, 4) is 0 Å². The minimum atomic E-state index is -0.397. The van der Waals surface area contributed by atoms with Crippen LogP contribution in [-0.4, -0.2) is 59.3 Å². The number of rotatable bonds is 2. The van der Waals surface area contributed by atoms with Gasteiger partial charge >= 0.3 is 0 Å². The Labute approximate surface area is 219 Å². The van der Waals surface area contributed by atoms with Gasteiger partial charge < -0.3 is 23.7 Å². The minimum Gasteiger partial charge on any atom is -0.470 e. The standard InChI is InChI=1S/C28H40N2O5S/c1-25-7-8-27(32-11-12-33-27)16-23(25)19(17-31-24(36)30-10-9-29-18-30)15-20-21(25)3-5-26(2)22(20)4-6-28(26)34-13-14-35-28/h9-10,18-23H,3-8,11-17H2,1-2H3/t19-,20?,21?,22?,23?,25+,26-/m0/s1. The van der Waals surface area contributed by atoms with E-state index in [9.17, 15) is 0 Å². The van der Waals surface area contributed by atoms with Crippen LogP contribution in [0.5, 0.6) is 0 Å². The molecule has 2 aliphatic heterocycles. The normalized spacial score (nSPS) is 44.3. The third-order valence-electron chi connectivity index (χ3n) is 11.6. The van der Waals surface area contributed by atoms with Gasteiger partial charge in [-0.2, -0.15) is 0 Å². The number of fused-ring (bicyclic) bond motifs is 6. The molecule has 1 aromatic rings. The van der Waals surface area contributed by atoms with Gasteiger partial charge in [0.05, 0.1) is 33.0 Å². The van der Waals surface area contributed by atoms with E-state index in [4.69, 9.17) is 35.9 Å². The van der Waals surface area contributed by atoms with Gasteiger partial charge in [-0.25, -0.2) is 4.98 Å². The van der Waals surface area contributed by atoms with Crippen molar-refractivity contribution in [2.24, 2.45) is 40.4 Å². The fraction of sp³-hybridized carbons (Fsp3) is 0.857. The Morgan fingerprint density at radius 3 is 2.47 bits per heavy atom. The third kappa shape index (κ3) is 3.36. The lowest BCUT2D eigenvalue weighted by Gasteiger charge is -2.64. The zero-order chi connectivity index (χ0) is 24.6. The first kappa shape index (κ1) is 24.0. The summed E-state index contributed by atoms with van der Waals surface area (Å²) in [5, 5.41) is 0.483. The monoisotopic (exact) mass is 516 g/mol. The summed E-state index contributed by atoms with van der Waals surface area (Å²) >= 11 is 5.61. The molecule has 2 saturated heterocycles. The van der Waals surface area contributed by atoms with Crippen LogP contribution in [0.15, 0.2) is 18.7 Å². The summed E-state index contributed by atoms with van der Waals surface area (Å²) in [6, 6.07) is 0. The topological polar surface area (TPSA) is 64.0 Å². The van der Waals surface area contributed by atoms with Gasteiger partial charge in [0, 0.05) is 37.1 Å². The van der Waals surface area contributed by atoms with Crippen molar-refractivity contribution in [3.63, 3.8) is 0 Å². The smallest absolute Gasteiger partial charge is 0.268 e. The van der Waals surface area contributed by atoms with E-state index in [0.29, 0.717) is 54.6 Å². The van der Waals surface area contributed by atoms with Gasteiger partial charge in [0.2, 0.25) is 0 Å². The highest BCUT2D eigenvalue weighted by molar-refractivity contribution is 7.80. The molecule has 3 heterocycles. The number of hydrogen-bond acceptors (Lipinski definition) is 7. The Hall–Kier alpha value is -1.06. The van der Waals surface area contributed by atoms with Crippen molar-refractivity contribution in [2.75, 3.05) is 33.0 Å². The summed E-state index contributed by atoms with van der Waals surface area (Å²) in [4.78, 5) is 4.13. The van der Waals surface area contributed by atoms with Crippen molar-refractivity contribution in [3.05, 3.63) is 18.7 Å². The van der Waals surface area contributed by atoms with Gasteiger partial charge in [0.1, 0.15) is 6.33 Å². The van der Waals surface area contributed by atoms with Crippen LogP contribution in [0.3, 0.4) is 0 Å². The second kappa shape index (κ2) is 8.47. The number of aromatic nitrogens is 2. The van der Waals surface area contributed by atoms with Crippen LogP contribution in [0.4, 0.5) is 0 Å². The van der Waals surface area contributed by atoms with E-state index < -0.39 is 5.79 Å².